The van der Waals surface area contributed by atoms with Crippen LogP contribution in [-0.4, -0.2) is 9.78 Å². The van der Waals surface area contributed by atoms with Crippen molar-refractivity contribution in [1.82, 2.24) is 9.78 Å². The van der Waals surface area contributed by atoms with Gasteiger partial charge in [0.05, 0.1) is 11.9 Å². The molecule has 0 aliphatic heterocycles. The van der Waals surface area contributed by atoms with Crippen LogP contribution in [0, 0.1) is 0 Å². The summed E-state index contributed by atoms with van der Waals surface area (Å²) in [4.78, 5) is 0. The minimum absolute atomic E-state index is 0.0363. The quantitative estimate of drug-likeness (QED) is 0.542. The van der Waals surface area contributed by atoms with E-state index in [2.05, 4.69) is 5.10 Å². The zero-order valence-corrected chi connectivity index (χ0v) is 11.8. The monoisotopic (exact) mass is 314 g/mol. The predicted octanol–water partition coefficient (Wildman–Crippen LogP) is 5.19. The Bertz CT molecular complexity index is 435. The average molecular weight is 315 g/mol. The van der Waals surface area contributed by atoms with E-state index < -0.39 is 11.9 Å². The van der Waals surface area contributed by atoms with E-state index >= 15 is 0 Å². The van der Waals surface area contributed by atoms with Crippen LogP contribution in [0.2, 0.25) is 5.15 Å². The Morgan fingerprint density at radius 1 is 1.16 bits per heavy atom. The van der Waals surface area contributed by atoms with E-state index in [9.17, 15) is 13.2 Å². The smallest absolute Gasteiger partial charge is 0.250 e. The molecule has 2 nitrogen and oxygen atoms in total. The molecule has 0 radical (unpaired) electrons. The SMILES string of the molecule is FC(F)(F)c1nn(C2CCCCCC2)c(Cl)c1CCl. The summed E-state index contributed by atoms with van der Waals surface area (Å²) in [5.74, 6) is -0.277. The van der Waals surface area contributed by atoms with Gasteiger partial charge in [0.15, 0.2) is 5.69 Å². The van der Waals surface area contributed by atoms with Gasteiger partial charge in [-0.25, -0.2) is 0 Å². The number of aromatic nitrogens is 2. The molecule has 1 aromatic heterocycles. The van der Waals surface area contributed by atoms with Crippen molar-refractivity contribution in [2.45, 2.75) is 56.6 Å². The molecule has 0 amide bonds. The van der Waals surface area contributed by atoms with Crippen LogP contribution in [0.15, 0.2) is 0 Å². The largest absolute Gasteiger partial charge is 0.435 e. The maximum absolute atomic E-state index is 12.9. The molecule has 1 heterocycles. The van der Waals surface area contributed by atoms with E-state index in [0.717, 1.165) is 38.5 Å². The van der Waals surface area contributed by atoms with E-state index in [-0.39, 0.29) is 22.6 Å². The molecule has 0 spiro atoms. The summed E-state index contributed by atoms with van der Waals surface area (Å²) in [6.45, 7) is 0. The molecule has 0 saturated heterocycles. The number of hydrogen-bond acceptors (Lipinski definition) is 1. The van der Waals surface area contributed by atoms with Gasteiger partial charge < -0.3 is 0 Å². The van der Waals surface area contributed by atoms with Crippen molar-refractivity contribution in [1.29, 1.82) is 0 Å². The molecule has 108 valence electrons. The summed E-state index contributed by atoms with van der Waals surface area (Å²) in [5, 5.41) is 3.73. The number of halogens is 5. The summed E-state index contributed by atoms with van der Waals surface area (Å²) in [6, 6.07) is -0.0481. The normalized spacial score (nSPS) is 18.6. The van der Waals surface area contributed by atoms with Gasteiger partial charge in [-0.15, -0.1) is 11.6 Å². The van der Waals surface area contributed by atoms with E-state index in [1.54, 1.807) is 0 Å². The van der Waals surface area contributed by atoms with Crippen LogP contribution in [-0.2, 0) is 12.1 Å². The zero-order chi connectivity index (χ0) is 14.0. The third kappa shape index (κ3) is 3.19. The first-order valence-corrected chi connectivity index (χ1v) is 7.26. The highest BCUT2D eigenvalue weighted by Crippen LogP contribution is 2.38. The first-order chi connectivity index (χ1) is 8.95. The van der Waals surface area contributed by atoms with Crippen LogP contribution >= 0.6 is 23.2 Å². The Morgan fingerprint density at radius 2 is 1.74 bits per heavy atom. The van der Waals surface area contributed by atoms with Crippen molar-refractivity contribution < 1.29 is 13.2 Å². The summed E-state index contributed by atoms with van der Waals surface area (Å²) in [6.07, 6.45) is 1.36. The highest BCUT2D eigenvalue weighted by atomic mass is 35.5. The van der Waals surface area contributed by atoms with E-state index in [4.69, 9.17) is 23.2 Å². The van der Waals surface area contributed by atoms with Crippen LogP contribution in [0.3, 0.4) is 0 Å². The molecule has 1 aliphatic rings. The minimum atomic E-state index is -4.51. The van der Waals surface area contributed by atoms with Gasteiger partial charge in [0, 0.05) is 5.56 Å². The summed E-state index contributed by atoms with van der Waals surface area (Å²) in [7, 11) is 0. The fourth-order valence-corrected chi connectivity index (χ4v) is 3.19. The first-order valence-electron chi connectivity index (χ1n) is 6.35. The first kappa shape index (κ1) is 15.0. The molecular formula is C12H15Cl2F3N2. The lowest BCUT2D eigenvalue weighted by Crippen LogP contribution is -2.13. The van der Waals surface area contributed by atoms with Crippen LogP contribution in [0.5, 0.6) is 0 Å². The Balaban J connectivity index is 2.38. The highest BCUT2D eigenvalue weighted by molar-refractivity contribution is 6.31. The molecule has 19 heavy (non-hydrogen) atoms. The van der Waals surface area contributed by atoms with Crippen LogP contribution in [0.25, 0.3) is 0 Å². The van der Waals surface area contributed by atoms with E-state index in [1.807, 2.05) is 0 Å². The number of nitrogens with zero attached hydrogens (tertiary/aromatic N) is 2. The number of alkyl halides is 4. The van der Waals surface area contributed by atoms with Crippen molar-refractivity contribution in [2.75, 3.05) is 0 Å². The summed E-state index contributed by atoms with van der Waals surface area (Å²) < 4.78 is 40.0. The highest BCUT2D eigenvalue weighted by Gasteiger charge is 2.39. The van der Waals surface area contributed by atoms with Crippen molar-refractivity contribution >= 4 is 23.2 Å². The fraction of sp³-hybridized carbons (Fsp3) is 0.750. The number of hydrogen-bond donors (Lipinski definition) is 0. The molecule has 1 aromatic rings. The molecule has 7 heteroatoms. The lowest BCUT2D eigenvalue weighted by molar-refractivity contribution is -0.142. The van der Waals surface area contributed by atoms with Gasteiger partial charge in [-0.05, 0) is 12.8 Å². The van der Waals surface area contributed by atoms with Gasteiger partial charge in [-0.1, -0.05) is 37.3 Å². The summed E-state index contributed by atoms with van der Waals surface area (Å²) in [5.41, 5.74) is -1.06. The standard InChI is InChI=1S/C12H15Cl2F3N2/c13-7-9-10(12(15,16)17)18-19(11(9)14)8-5-3-1-2-4-6-8/h8H,1-7H2. The fourth-order valence-electron chi connectivity index (χ4n) is 2.54. The van der Waals surface area contributed by atoms with Gasteiger partial charge in [0.1, 0.15) is 5.15 Å². The minimum Gasteiger partial charge on any atom is -0.250 e. The zero-order valence-electron chi connectivity index (χ0n) is 10.3. The average Bonchev–Trinajstić information content (AvgIpc) is 2.53. The second-order valence-corrected chi connectivity index (χ2v) is 5.46. The second kappa shape index (κ2) is 5.92. The van der Waals surface area contributed by atoms with Crippen molar-refractivity contribution in [2.24, 2.45) is 0 Å². The van der Waals surface area contributed by atoms with E-state index in [0.29, 0.717) is 0 Å². The van der Waals surface area contributed by atoms with Crippen LogP contribution in [0.1, 0.15) is 55.8 Å². The van der Waals surface area contributed by atoms with E-state index in [1.165, 1.54) is 4.68 Å². The van der Waals surface area contributed by atoms with Gasteiger partial charge in [-0.3, -0.25) is 4.68 Å². The van der Waals surface area contributed by atoms with Crippen LogP contribution < -0.4 is 0 Å². The molecule has 0 bridgehead atoms. The lowest BCUT2D eigenvalue weighted by Gasteiger charge is -2.15. The molecule has 1 aliphatic carbocycles. The molecule has 0 aromatic carbocycles. The maximum Gasteiger partial charge on any atom is 0.435 e. The molecule has 1 saturated carbocycles. The third-order valence-electron chi connectivity index (χ3n) is 3.52. The van der Waals surface area contributed by atoms with Gasteiger partial charge >= 0.3 is 6.18 Å². The molecule has 1 fully saturated rings. The Kier molecular flexibility index (Phi) is 4.66. The van der Waals surface area contributed by atoms with Crippen molar-refractivity contribution in [3.05, 3.63) is 16.4 Å². The predicted molar refractivity (Wildman–Crippen MR) is 68.5 cm³/mol. The van der Waals surface area contributed by atoms with Gasteiger partial charge in [0.2, 0.25) is 0 Å². The second-order valence-electron chi connectivity index (χ2n) is 4.84. The van der Waals surface area contributed by atoms with Gasteiger partial charge in [-0.2, -0.15) is 18.3 Å². The summed E-state index contributed by atoms with van der Waals surface area (Å²) >= 11 is 11.6. The molecule has 0 unspecified atom stereocenters. The molecule has 2 rings (SSSR count). The topological polar surface area (TPSA) is 17.8 Å². The van der Waals surface area contributed by atoms with Crippen molar-refractivity contribution in [3.63, 3.8) is 0 Å². The van der Waals surface area contributed by atoms with Gasteiger partial charge in [0.25, 0.3) is 0 Å². The molecule has 0 atom stereocenters. The number of rotatable bonds is 2. The van der Waals surface area contributed by atoms with Crippen molar-refractivity contribution in [3.8, 4) is 0 Å². The molecule has 0 N–H and O–H groups in total. The van der Waals surface area contributed by atoms with Crippen LogP contribution in [0.4, 0.5) is 13.2 Å². The maximum atomic E-state index is 12.9. The lowest BCUT2D eigenvalue weighted by atomic mass is 10.1. The Morgan fingerprint density at radius 3 is 2.16 bits per heavy atom. The Hall–Kier alpha value is -0.420. The third-order valence-corrected chi connectivity index (χ3v) is 4.19. The molecular weight excluding hydrogens is 300 g/mol. The Labute approximate surface area is 119 Å².